The molecule has 1 fully saturated rings. The molecule has 1 unspecified atom stereocenters. The summed E-state index contributed by atoms with van der Waals surface area (Å²) in [6.07, 6.45) is 2.77. The van der Waals surface area contributed by atoms with Gasteiger partial charge in [0.1, 0.15) is 0 Å². The molecule has 2 aromatic rings. The molecule has 0 bridgehead atoms. The molecular formula is C21H29N5O. The van der Waals surface area contributed by atoms with Crippen LogP contribution >= 0.6 is 0 Å². The van der Waals surface area contributed by atoms with Gasteiger partial charge >= 0.3 is 0 Å². The number of nitrogens with one attached hydrogen (secondary N) is 2. The van der Waals surface area contributed by atoms with Crippen molar-refractivity contribution in [3.8, 4) is 0 Å². The first-order valence-electron chi connectivity index (χ1n) is 9.74. The number of benzene rings is 1. The number of carbonyl (C=O) groups excluding carboxylic acids is 1. The molecule has 6 heteroatoms. The van der Waals surface area contributed by atoms with Crippen LogP contribution in [-0.2, 0) is 11.3 Å². The van der Waals surface area contributed by atoms with E-state index in [4.69, 9.17) is 4.99 Å². The van der Waals surface area contributed by atoms with Crippen LogP contribution in [0.5, 0.6) is 0 Å². The van der Waals surface area contributed by atoms with Crippen molar-refractivity contribution in [2.75, 3.05) is 19.6 Å². The second kappa shape index (κ2) is 8.84. The Bertz CT molecular complexity index is 812. The lowest BCUT2D eigenvalue weighted by molar-refractivity contribution is -0.133. The predicted octanol–water partition coefficient (Wildman–Crippen LogP) is 2.55. The van der Waals surface area contributed by atoms with Crippen LogP contribution in [0.1, 0.15) is 32.9 Å². The first-order valence-corrected chi connectivity index (χ1v) is 9.74. The summed E-state index contributed by atoms with van der Waals surface area (Å²) in [5, 5.41) is 9.09. The average molecular weight is 367 g/mol. The Morgan fingerprint density at radius 1 is 1.33 bits per heavy atom. The van der Waals surface area contributed by atoms with E-state index in [-0.39, 0.29) is 17.9 Å². The highest BCUT2D eigenvalue weighted by molar-refractivity contribution is 5.85. The SMILES string of the molecule is CCNC(=NCc1nccc2ccccc12)NC1CCN(C(=O)C(C)C)C1. The molecule has 1 amide bonds. The van der Waals surface area contributed by atoms with E-state index in [1.807, 2.05) is 43.1 Å². The van der Waals surface area contributed by atoms with E-state index in [1.165, 1.54) is 5.39 Å². The van der Waals surface area contributed by atoms with E-state index in [0.717, 1.165) is 43.1 Å². The van der Waals surface area contributed by atoms with Gasteiger partial charge in [-0.1, -0.05) is 38.1 Å². The van der Waals surface area contributed by atoms with Crippen molar-refractivity contribution >= 4 is 22.6 Å². The van der Waals surface area contributed by atoms with Crippen molar-refractivity contribution in [1.29, 1.82) is 0 Å². The minimum absolute atomic E-state index is 0.0445. The van der Waals surface area contributed by atoms with Crippen molar-refractivity contribution in [3.63, 3.8) is 0 Å². The highest BCUT2D eigenvalue weighted by atomic mass is 16.2. The lowest BCUT2D eigenvalue weighted by atomic mass is 10.1. The summed E-state index contributed by atoms with van der Waals surface area (Å²) in [7, 11) is 0. The van der Waals surface area contributed by atoms with E-state index in [9.17, 15) is 4.79 Å². The van der Waals surface area contributed by atoms with E-state index in [2.05, 4.69) is 34.7 Å². The zero-order valence-corrected chi connectivity index (χ0v) is 16.4. The zero-order valence-electron chi connectivity index (χ0n) is 16.4. The Kier molecular flexibility index (Phi) is 6.27. The molecule has 1 aliphatic rings. The number of likely N-dealkylation sites (tertiary alicyclic amines) is 1. The molecule has 1 atom stereocenters. The van der Waals surface area contributed by atoms with Gasteiger partial charge in [0.25, 0.3) is 0 Å². The first kappa shape index (κ1) is 19.1. The number of aliphatic imine (C=N–C) groups is 1. The van der Waals surface area contributed by atoms with Crippen LogP contribution in [0.15, 0.2) is 41.5 Å². The Labute approximate surface area is 161 Å². The van der Waals surface area contributed by atoms with Gasteiger partial charge in [0.15, 0.2) is 5.96 Å². The van der Waals surface area contributed by atoms with Crippen molar-refractivity contribution in [2.45, 2.75) is 39.8 Å². The minimum Gasteiger partial charge on any atom is -0.357 e. The molecule has 1 aromatic carbocycles. The highest BCUT2D eigenvalue weighted by Gasteiger charge is 2.27. The van der Waals surface area contributed by atoms with Crippen molar-refractivity contribution in [3.05, 3.63) is 42.2 Å². The molecule has 0 aliphatic carbocycles. The van der Waals surface area contributed by atoms with Crippen LogP contribution in [0.25, 0.3) is 10.8 Å². The first-order chi connectivity index (χ1) is 13.1. The maximum atomic E-state index is 12.2. The summed E-state index contributed by atoms with van der Waals surface area (Å²) in [6.45, 7) is 8.79. The van der Waals surface area contributed by atoms with Crippen LogP contribution in [0.2, 0.25) is 0 Å². The lowest BCUT2D eigenvalue weighted by Gasteiger charge is -2.20. The summed E-state index contributed by atoms with van der Waals surface area (Å²) < 4.78 is 0. The van der Waals surface area contributed by atoms with E-state index < -0.39 is 0 Å². The van der Waals surface area contributed by atoms with Crippen LogP contribution in [-0.4, -0.2) is 47.4 Å². The molecule has 27 heavy (non-hydrogen) atoms. The van der Waals surface area contributed by atoms with Crippen LogP contribution < -0.4 is 10.6 Å². The molecule has 3 rings (SSSR count). The fraction of sp³-hybridized carbons (Fsp3) is 0.476. The number of amides is 1. The van der Waals surface area contributed by atoms with E-state index in [1.54, 1.807) is 0 Å². The smallest absolute Gasteiger partial charge is 0.225 e. The Balaban J connectivity index is 1.67. The maximum Gasteiger partial charge on any atom is 0.225 e. The number of fused-ring (bicyclic) bond motifs is 1. The fourth-order valence-corrected chi connectivity index (χ4v) is 3.42. The molecule has 1 aliphatic heterocycles. The van der Waals surface area contributed by atoms with Crippen LogP contribution in [0.3, 0.4) is 0 Å². The van der Waals surface area contributed by atoms with Gasteiger partial charge in [-0.05, 0) is 24.8 Å². The zero-order chi connectivity index (χ0) is 19.2. The lowest BCUT2D eigenvalue weighted by Crippen LogP contribution is -2.45. The van der Waals surface area contributed by atoms with Crippen molar-refractivity contribution in [2.24, 2.45) is 10.9 Å². The number of guanidine groups is 1. The van der Waals surface area contributed by atoms with Gasteiger partial charge in [0.2, 0.25) is 5.91 Å². The van der Waals surface area contributed by atoms with Crippen LogP contribution in [0.4, 0.5) is 0 Å². The number of carbonyl (C=O) groups is 1. The van der Waals surface area contributed by atoms with Crippen molar-refractivity contribution < 1.29 is 4.79 Å². The Hall–Kier alpha value is -2.63. The monoisotopic (exact) mass is 367 g/mol. The summed E-state index contributed by atoms with van der Waals surface area (Å²) >= 11 is 0. The number of pyridine rings is 1. The number of rotatable bonds is 5. The minimum atomic E-state index is 0.0445. The molecule has 0 saturated carbocycles. The standard InChI is InChI=1S/C21H29N5O/c1-4-22-21(25-17-10-12-26(14-17)20(27)15(2)3)24-13-19-18-8-6-5-7-16(18)9-11-23-19/h5-9,11,15,17H,4,10,12-14H2,1-3H3,(H2,22,24,25). The summed E-state index contributed by atoms with van der Waals surface area (Å²) in [6, 6.07) is 10.5. The highest BCUT2D eigenvalue weighted by Crippen LogP contribution is 2.17. The Morgan fingerprint density at radius 3 is 2.93 bits per heavy atom. The predicted molar refractivity (Wildman–Crippen MR) is 110 cm³/mol. The van der Waals surface area contributed by atoms with Gasteiger partial charge in [0, 0.05) is 43.2 Å². The number of nitrogens with zero attached hydrogens (tertiary/aromatic N) is 3. The largest absolute Gasteiger partial charge is 0.357 e. The van der Waals surface area contributed by atoms with Gasteiger partial charge in [-0.15, -0.1) is 0 Å². The molecule has 144 valence electrons. The van der Waals surface area contributed by atoms with E-state index in [0.29, 0.717) is 6.54 Å². The quantitative estimate of drug-likeness (QED) is 0.629. The maximum absolute atomic E-state index is 12.2. The number of hydrogen-bond acceptors (Lipinski definition) is 3. The topological polar surface area (TPSA) is 69.6 Å². The molecule has 1 saturated heterocycles. The second-order valence-corrected chi connectivity index (χ2v) is 7.24. The molecular weight excluding hydrogens is 338 g/mol. The summed E-state index contributed by atoms with van der Waals surface area (Å²) in [4.78, 5) is 23.4. The molecule has 0 spiro atoms. The second-order valence-electron chi connectivity index (χ2n) is 7.24. The Morgan fingerprint density at radius 2 is 2.15 bits per heavy atom. The van der Waals surface area contributed by atoms with Gasteiger partial charge < -0.3 is 15.5 Å². The normalized spacial score (nSPS) is 17.6. The van der Waals surface area contributed by atoms with Gasteiger partial charge in [-0.25, -0.2) is 4.99 Å². The third kappa shape index (κ3) is 4.76. The molecule has 2 N–H and O–H groups in total. The molecule has 6 nitrogen and oxygen atoms in total. The number of hydrogen-bond donors (Lipinski definition) is 2. The summed E-state index contributed by atoms with van der Waals surface area (Å²) in [5.41, 5.74) is 0.966. The van der Waals surface area contributed by atoms with Gasteiger partial charge in [0.05, 0.1) is 12.2 Å². The van der Waals surface area contributed by atoms with Crippen molar-refractivity contribution in [1.82, 2.24) is 20.5 Å². The third-order valence-corrected chi connectivity index (χ3v) is 4.82. The van der Waals surface area contributed by atoms with E-state index >= 15 is 0 Å². The molecule has 1 aromatic heterocycles. The number of aromatic nitrogens is 1. The van der Waals surface area contributed by atoms with Gasteiger partial charge in [-0.2, -0.15) is 0 Å². The van der Waals surface area contributed by atoms with Crippen LogP contribution in [0, 0.1) is 5.92 Å². The molecule has 2 heterocycles. The summed E-state index contributed by atoms with van der Waals surface area (Å²) in [5.74, 6) is 1.04. The molecule has 0 radical (unpaired) electrons. The third-order valence-electron chi connectivity index (χ3n) is 4.82. The van der Waals surface area contributed by atoms with Gasteiger partial charge in [-0.3, -0.25) is 9.78 Å². The average Bonchev–Trinajstić information content (AvgIpc) is 3.14. The fourth-order valence-electron chi connectivity index (χ4n) is 3.42.